The topological polar surface area (TPSA) is 99.8 Å². The molecule has 8 heteroatoms. The van der Waals surface area contributed by atoms with Crippen LogP contribution < -0.4 is 10.0 Å². The van der Waals surface area contributed by atoms with Crippen LogP contribution in [0.5, 0.6) is 0 Å². The number of H-pyrrole nitrogens is 1. The normalized spacial score (nSPS) is 13.1. The number of imidazole rings is 1. The summed E-state index contributed by atoms with van der Waals surface area (Å²) in [5.41, 5.74) is 1.98. The highest BCUT2D eigenvalue weighted by atomic mass is 32.2. The Kier molecular flexibility index (Phi) is 5.57. The van der Waals surface area contributed by atoms with Gasteiger partial charge in [-0.05, 0) is 42.6 Å². The fourth-order valence-electron chi connectivity index (χ4n) is 3.25. The third-order valence-electron chi connectivity index (χ3n) is 4.71. The Bertz CT molecular complexity index is 1200. The third-order valence-corrected chi connectivity index (χ3v) is 6.29. The average Bonchev–Trinajstić information content (AvgIpc) is 3.13. The number of fused-ring (bicyclic) bond motifs is 2. The van der Waals surface area contributed by atoms with Crippen molar-refractivity contribution in [3.63, 3.8) is 0 Å². The van der Waals surface area contributed by atoms with Gasteiger partial charge < -0.3 is 10.3 Å². The van der Waals surface area contributed by atoms with Crippen LogP contribution in [0.4, 0.5) is 0 Å². The first-order valence-electron chi connectivity index (χ1n) is 9.52. The summed E-state index contributed by atoms with van der Waals surface area (Å²) in [6.07, 6.45) is 4.11. The lowest BCUT2D eigenvalue weighted by Gasteiger charge is -2.15. The Hall–Kier alpha value is -2.81. The van der Waals surface area contributed by atoms with Crippen LogP contribution >= 0.6 is 0 Å². The van der Waals surface area contributed by atoms with Crippen LogP contribution in [-0.2, 0) is 16.4 Å². The quantitative estimate of drug-likeness (QED) is 0.389. The molecule has 29 heavy (non-hydrogen) atoms. The summed E-state index contributed by atoms with van der Waals surface area (Å²) in [6, 6.07) is 14.5. The molecule has 1 atom stereocenters. The number of sulfonamides is 1. The Morgan fingerprint density at radius 1 is 1.10 bits per heavy atom. The monoisotopic (exact) mass is 409 g/mol. The highest BCUT2D eigenvalue weighted by Crippen LogP contribution is 2.18. The predicted molar refractivity (Wildman–Crippen MR) is 114 cm³/mol. The maximum atomic E-state index is 12.7. The molecule has 0 amide bonds. The highest BCUT2D eigenvalue weighted by Gasteiger charge is 2.17. The Morgan fingerprint density at radius 3 is 2.83 bits per heavy atom. The van der Waals surface area contributed by atoms with Gasteiger partial charge in [0, 0.05) is 43.3 Å². The zero-order valence-corrected chi connectivity index (χ0v) is 16.9. The number of pyridine rings is 1. The van der Waals surface area contributed by atoms with Gasteiger partial charge in [-0.25, -0.2) is 18.1 Å². The number of hydrogen-bond acceptors (Lipinski definition) is 5. The van der Waals surface area contributed by atoms with Crippen LogP contribution in [0.3, 0.4) is 0 Å². The van der Waals surface area contributed by atoms with Crippen LogP contribution in [0, 0.1) is 0 Å². The van der Waals surface area contributed by atoms with Gasteiger partial charge in [0.25, 0.3) is 0 Å². The number of hydrogen-bond donors (Lipinski definition) is 3. The van der Waals surface area contributed by atoms with E-state index >= 15 is 0 Å². The molecule has 0 aliphatic heterocycles. The largest absolute Gasteiger partial charge is 0.342 e. The van der Waals surface area contributed by atoms with Crippen molar-refractivity contribution in [3.05, 3.63) is 66.7 Å². The second-order valence-corrected chi connectivity index (χ2v) is 8.78. The zero-order valence-electron chi connectivity index (χ0n) is 16.1. The van der Waals surface area contributed by atoms with Gasteiger partial charge in [0.2, 0.25) is 10.0 Å². The van der Waals surface area contributed by atoms with Gasteiger partial charge in [-0.2, -0.15) is 0 Å². The van der Waals surface area contributed by atoms with E-state index in [4.69, 9.17) is 0 Å². The molecule has 2 aromatic carbocycles. The standard InChI is InChI=1S/C21H23N5O2S/c1-15(13-22-11-9-21-24-19-4-2-3-5-20(19)25-21)26-29(27,28)18-7-6-17-14-23-10-8-16(17)12-18/h2-8,10,12,14-15,22,26H,9,11,13H2,1H3,(H,24,25)/t15-/m1/s1. The van der Waals surface area contributed by atoms with Crippen molar-refractivity contribution < 1.29 is 8.42 Å². The maximum absolute atomic E-state index is 12.7. The number of aromatic nitrogens is 3. The maximum Gasteiger partial charge on any atom is 0.240 e. The number of para-hydroxylation sites is 2. The summed E-state index contributed by atoms with van der Waals surface area (Å²) >= 11 is 0. The molecule has 150 valence electrons. The van der Waals surface area contributed by atoms with Crippen LogP contribution in [-0.4, -0.2) is 42.5 Å². The summed E-state index contributed by atoms with van der Waals surface area (Å²) in [7, 11) is -3.59. The lowest BCUT2D eigenvalue weighted by Crippen LogP contribution is -2.40. The smallest absolute Gasteiger partial charge is 0.240 e. The van der Waals surface area contributed by atoms with Gasteiger partial charge >= 0.3 is 0 Å². The van der Waals surface area contributed by atoms with E-state index in [-0.39, 0.29) is 10.9 Å². The van der Waals surface area contributed by atoms with Gasteiger partial charge in [-0.3, -0.25) is 4.98 Å². The molecule has 0 spiro atoms. The molecule has 0 saturated heterocycles. The molecule has 0 aliphatic rings. The minimum Gasteiger partial charge on any atom is -0.342 e. The van der Waals surface area contributed by atoms with E-state index in [0.717, 1.165) is 34.1 Å². The molecule has 4 rings (SSSR count). The first kappa shape index (κ1) is 19.5. The van der Waals surface area contributed by atoms with Gasteiger partial charge in [-0.15, -0.1) is 0 Å². The molecule has 0 radical (unpaired) electrons. The number of benzene rings is 2. The molecule has 0 bridgehead atoms. The lowest BCUT2D eigenvalue weighted by atomic mass is 10.2. The number of rotatable bonds is 8. The summed E-state index contributed by atoms with van der Waals surface area (Å²) < 4.78 is 28.1. The van der Waals surface area contributed by atoms with Gasteiger partial charge in [-0.1, -0.05) is 18.2 Å². The van der Waals surface area contributed by atoms with Crippen molar-refractivity contribution in [1.82, 2.24) is 25.0 Å². The van der Waals surface area contributed by atoms with E-state index < -0.39 is 10.0 Å². The lowest BCUT2D eigenvalue weighted by molar-refractivity contribution is 0.536. The van der Waals surface area contributed by atoms with Crippen molar-refractivity contribution >= 4 is 31.8 Å². The summed E-state index contributed by atoms with van der Waals surface area (Å²) in [5, 5.41) is 5.04. The second kappa shape index (κ2) is 8.28. The van der Waals surface area contributed by atoms with Crippen molar-refractivity contribution in [2.45, 2.75) is 24.3 Å². The zero-order chi connectivity index (χ0) is 20.3. The molecular weight excluding hydrogens is 386 g/mol. The number of nitrogens with one attached hydrogen (secondary N) is 3. The van der Waals surface area contributed by atoms with Gasteiger partial charge in [0.15, 0.2) is 0 Å². The predicted octanol–water partition coefficient (Wildman–Crippen LogP) is 2.61. The summed E-state index contributed by atoms with van der Waals surface area (Å²) in [6.45, 7) is 3.07. The van der Waals surface area contributed by atoms with Crippen LogP contribution in [0.15, 0.2) is 65.8 Å². The SMILES string of the molecule is C[C@H](CNCCc1nc2ccccc2[nH]1)NS(=O)(=O)c1ccc2cnccc2c1. The van der Waals surface area contributed by atoms with Crippen molar-refractivity contribution in [2.24, 2.45) is 0 Å². The number of nitrogens with zero attached hydrogens (tertiary/aromatic N) is 2. The number of aromatic amines is 1. The van der Waals surface area contributed by atoms with Crippen LogP contribution in [0.25, 0.3) is 21.8 Å². The molecule has 2 aromatic heterocycles. The first-order chi connectivity index (χ1) is 14.0. The van der Waals surface area contributed by atoms with E-state index in [1.165, 1.54) is 0 Å². The molecule has 0 fully saturated rings. The molecule has 0 aliphatic carbocycles. The Morgan fingerprint density at radius 2 is 1.97 bits per heavy atom. The van der Waals surface area contributed by atoms with Crippen LogP contribution in [0.1, 0.15) is 12.7 Å². The van der Waals surface area contributed by atoms with E-state index in [2.05, 4.69) is 25.0 Å². The van der Waals surface area contributed by atoms with Gasteiger partial charge in [0.05, 0.1) is 15.9 Å². The third kappa shape index (κ3) is 4.61. The molecule has 3 N–H and O–H groups in total. The second-order valence-electron chi connectivity index (χ2n) is 7.06. The van der Waals surface area contributed by atoms with E-state index in [9.17, 15) is 8.42 Å². The van der Waals surface area contributed by atoms with Crippen molar-refractivity contribution in [3.8, 4) is 0 Å². The molecular formula is C21H23N5O2S. The molecule has 4 aromatic rings. The highest BCUT2D eigenvalue weighted by molar-refractivity contribution is 7.89. The molecule has 7 nitrogen and oxygen atoms in total. The molecule has 2 heterocycles. The fraction of sp³-hybridized carbons (Fsp3) is 0.238. The van der Waals surface area contributed by atoms with Gasteiger partial charge in [0.1, 0.15) is 5.82 Å². The minimum atomic E-state index is -3.59. The Balaban J connectivity index is 1.30. The summed E-state index contributed by atoms with van der Waals surface area (Å²) in [4.78, 5) is 12.1. The van der Waals surface area contributed by atoms with E-state index in [0.29, 0.717) is 13.1 Å². The summed E-state index contributed by atoms with van der Waals surface area (Å²) in [5.74, 6) is 0.914. The fourth-order valence-corrected chi connectivity index (χ4v) is 4.53. The first-order valence-corrected chi connectivity index (χ1v) is 11.0. The van der Waals surface area contributed by atoms with E-state index in [1.807, 2.05) is 31.2 Å². The Labute approximate surface area is 169 Å². The van der Waals surface area contributed by atoms with Crippen molar-refractivity contribution in [2.75, 3.05) is 13.1 Å². The van der Waals surface area contributed by atoms with Crippen LogP contribution in [0.2, 0.25) is 0 Å². The van der Waals surface area contributed by atoms with E-state index in [1.54, 1.807) is 36.7 Å². The van der Waals surface area contributed by atoms with Crippen molar-refractivity contribution in [1.29, 1.82) is 0 Å². The molecule has 0 unspecified atom stereocenters. The molecule has 0 saturated carbocycles. The average molecular weight is 410 g/mol. The minimum absolute atomic E-state index is 0.246.